The summed E-state index contributed by atoms with van der Waals surface area (Å²) in [7, 11) is 0. The Kier molecular flexibility index (Phi) is 47.4. The minimum atomic E-state index is -1.98. The Morgan fingerprint density at radius 1 is 0.393 bits per heavy atom. The number of ether oxygens (including phenoxy) is 6. The van der Waals surface area contributed by atoms with Crippen LogP contribution < -0.4 is 5.32 Å². The van der Waals surface area contributed by atoms with E-state index in [1.807, 2.05) is 6.08 Å². The zero-order valence-electron chi connectivity index (χ0n) is 54.9. The standard InChI is InChI=1S/C70H127NO18/c1-3-5-7-9-11-13-15-17-19-21-22-23-24-25-26-27-28-29-30-32-34-36-38-40-42-44-46-48-58(76)71-53(54(75)47-45-43-41-39-37-35-33-31-20-18-16-14-12-10-8-6-4-2)52-84-68-64(82)61(79)66(56(50-73)86-68)89-70-65(83)62(80)67(57(51-74)87-70)88-69-63(81)60(78)59(77)55(49-72)85-69/h20-22,31,37,39,45,47,53-57,59-70,72-75,77-83H,3-19,23-30,32-36,38,40-44,46,48-52H2,1-2H3,(H,71,76)/b22-21-,31-20+,39-37+,47-45+. The summed E-state index contributed by atoms with van der Waals surface area (Å²) in [4.78, 5) is 13.4. The minimum absolute atomic E-state index is 0.233. The summed E-state index contributed by atoms with van der Waals surface area (Å²) >= 11 is 0. The van der Waals surface area contributed by atoms with Gasteiger partial charge in [0.2, 0.25) is 5.91 Å². The molecule has 0 bridgehead atoms. The molecule has 12 N–H and O–H groups in total. The number of aliphatic hydroxyl groups excluding tert-OH is 11. The third-order valence-electron chi connectivity index (χ3n) is 17.6. The first kappa shape index (κ1) is 81.0. The summed E-state index contributed by atoms with van der Waals surface area (Å²) in [5, 5.41) is 120. The van der Waals surface area contributed by atoms with Crippen molar-refractivity contribution in [3.63, 3.8) is 0 Å². The van der Waals surface area contributed by atoms with Gasteiger partial charge in [-0.1, -0.05) is 229 Å². The van der Waals surface area contributed by atoms with Crippen molar-refractivity contribution in [3.8, 4) is 0 Å². The van der Waals surface area contributed by atoms with Gasteiger partial charge in [0.15, 0.2) is 18.9 Å². The average Bonchev–Trinajstić information content (AvgIpc) is 1.91. The first-order chi connectivity index (χ1) is 43.3. The highest BCUT2D eigenvalue weighted by atomic mass is 16.8. The highest BCUT2D eigenvalue weighted by molar-refractivity contribution is 5.76. The van der Waals surface area contributed by atoms with Crippen LogP contribution >= 0.6 is 0 Å². The molecule has 19 nitrogen and oxygen atoms in total. The lowest BCUT2D eigenvalue weighted by atomic mass is 9.96. The maximum absolute atomic E-state index is 13.4. The van der Waals surface area contributed by atoms with Crippen LogP contribution in [0.15, 0.2) is 48.6 Å². The van der Waals surface area contributed by atoms with Crippen LogP contribution in [-0.2, 0) is 33.2 Å². The van der Waals surface area contributed by atoms with Gasteiger partial charge in [0.1, 0.15) is 73.2 Å². The number of hydrogen-bond donors (Lipinski definition) is 12. The SMILES string of the molecule is CCCCCCCCC/C=C/CC/C=C/CC/C=C/C(O)C(COC1OC(CO)C(OC2OC(CO)C(OC3OC(CO)C(O)C(O)C3O)C(O)C2O)C(O)C1O)NC(=O)CCCCCCCCCCCCCCCCC/C=C\CCCCCCCCCC. The summed E-state index contributed by atoms with van der Waals surface area (Å²) in [5.41, 5.74) is 0. The third kappa shape index (κ3) is 34.1. The molecule has 3 aliphatic heterocycles. The van der Waals surface area contributed by atoms with Crippen LogP contribution in [-0.4, -0.2) is 193 Å². The minimum Gasteiger partial charge on any atom is -0.394 e. The van der Waals surface area contributed by atoms with Crippen molar-refractivity contribution in [3.05, 3.63) is 48.6 Å². The zero-order chi connectivity index (χ0) is 64.7. The number of rotatable bonds is 54. The predicted octanol–water partition coefficient (Wildman–Crippen LogP) is 9.39. The molecule has 0 radical (unpaired) electrons. The number of allylic oxidation sites excluding steroid dienone is 7. The molecule has 3 saturated heterocycles. The van der Waals surface area contributed by atoms with Gasteiger partial charge in [-0.25, -0.2) is 0 Å². The van der Waals surface area contributed by atoms with E-state index in [4.69, 9.17) is 28.4 Å². The summed E-state index contributed by atoms with van der Waals surface area (Å²) in [6, 6.07) is -0.996. The summed E-state index contributed by atoms with van der Waals surface area (Å²) in [6.45, 7) is 1.71. The molecule has 0 aromatic rings. The number of aliphatic hydroxyl groups is 11. The van der Waals surface area contributed by atoms with E-state index in [-0.39, 0.29) is 18.9 Å². The lowest BCUT2D eigenvalue weighted by Crippen LogP contribution is -2.66. The van der Waals surface area contributed by atoms with Crippen LogP contribution in [0.2, 0.25) is 0 Å². The molecule has 19 heteroatoms. The molecule has 3 fully saturated rings. The van der Waals surface area contributed by atoms with E-state index >= 15 is 0 Å². The molecule has 0 aromatic heterocycles. The molecular formula is C70H127NO18. The number of carbonyl (C=O) groups excluding carboxylic acids is 1. The van der Waals surface area contributed by atoms with Crippen LogP contribution in [0.4, 0.5) is 0 Å². The van der Waals surface area contributed by atoms with Crippen molar-refractivity contribution in [2.24, 2.45) is 0 Å². The Hall–Kier alpha value is -2.25. The first-order valence-electron chi connectivity index (χ1n) is 35.4. The number of amides is 1. The molecular weight excluding hydrogens is 1140 g/mol. The van der Waals surface area contributed by atoms with Gasteiger partial charge in [-0.15, -0.1) is 0 Å². The van der Waals surface area contributed by atoms with Gasteiger partial charge in [0, 0.05) is 6.42 Å². The van der Waals surface area contributed by atoms with E-state index in [0.29, 0.717) is 12.8 Å². The van der Waals surface area contributed by atoms with Crippen LogP contribution in [0, 0.1) is 0 Å². The molecule has 0 aliphatic carbocycles. The quantitative estimate of drug-likeness (QED) is 0.0199. The van der Waals surface area contributed by atoms with E-state index in [9.17, 15) is 61.0 Å². The first-order valence-corrected chi connectivity index (χ1v) is 35.4. The molecule has 1 amide bonds. The monoisotopic (exact) mass is 1270 g/mol. The molecule has 520 valence electrons. The van der Waals surface area contributed by atoms with Crippen molar-refractivity contribution < 1.29 is 89.4 Å². The van der Waals surface area contributed by atoms with Gasteiger partial charge in [-0.05, 0) is 70.6 Å². The smallest absolute Gasteiger partial charge is 0.220 e. The van der Waals surface area contributed by atoms with Crippen molar-refractivity contribution >= 4 is 5.91 Å². The van der Waals surface area contributed by atoms with Gasteiger partial charge in [0.25, 0.3) is 0 Å². The van der Waals surface area contributed by atoms with E-state index in [1.54, 1.807) is 6.08 Å². The molecule has 0 saturated carbocycles. The molecule has 0 spiro atoms. The molecule has 17 unspecified atom stereocenters. The average molecular weight is 1270 g/mol. The second-order valence-corrected chi connectivity index (χ2v) is 25.3. The fourth-order valence-electron chi connectivity index (χ4n) is 11.8. The lowest BCUT2D eigenvalue weighted by molar-refractivity contribution is -0.379. The van der Waals surface area contributed by atoms with Gasteiger partial charge in [-0.2, -0.15) is 0 Å². The zero-order valence-corrected chi connectivity index (χ0v) is 54.9. The number of carbonyl (C=O) groups is 1. The summed E-state index contributed by atoms with van der Waals surface area (Å²) in [6.07, 6.45) is 35.2. The van der Waals surface area contributed by atoms with Crippen LogP contribution in [0.3, 0.4) is 0 Å². The number of hydrogen-bond acceptors (Lipinski definition) is 18. The van der Waals surface area contributed by atoms with Gasteiger partial charge < -0.3 is 89.9 Å². The topological polar surface area (TPSA) is 307 Å². The van der Waals surface area contributed by atoms with Crippen LogP contribution in [0.5, 0.6) is 0 Å². The number of unbranched alkanes of at least 4 members (excludes halogenated alkanes) is 32. The van der Waals surface area contributed by atoms with Crippen molar-refractivity contribution in [2.75, 3.05) is 26.4 Å². The van der Waals surface area contributed by atoms with E-state index in [1.165, 1.54) is 180 Å². The Labute approximate surface area is 535 Å². The molecule has 0 aromatic carbocycles. The van der Waals surface area contributed by atoms with Crippen LogP contribution in [0.1, 0.15) is 258 Å². The molecule has 3 rings (SSSR count). The normalized spacial score (nSPS) is 28.5. The highest BCUT2D eigenvalue weighted by Crippen LogP contribution is 2.33. The van der Waals surface area contributed by atoms with E-state index < -0.39 is 124 Å². The molecule has 3 aliphatic rings. The van der Waals surface area contributed by atoms with Crippen LogP contribution in [0.25, 0.3) is 0 Å². The van der Waals surface area contributed by atoms with Crippen molar-refractivity contribution in [1.29, 1.82) is 0 Å². The summed E-state index contributed by atoms with van der Waals surface area (Å²) < 4.78 is 34.3. The maximum atomic E-state index is 13.4. The maximum Gasteiger partial charge on any atom is 0.220 e. The largest absolute Gasteiger partial charge is 0.394 e. The lowest BCUT2D eigenvalue weighted by Gasteiger charge is -2.48. The predicted molar refractivity (Wildman–Crippen MR) is 346 cm³/mol. The molecule has 17 atom stereocenters. The Morgan fingerprint density at radius 2 is 0.719 bits per heavy atom. The van der Waals surface area contributed by atoms with Gasteiger partial charge in [-0.3, -0.25) is 4.79 Å². The Bertz CT molecular complexity index is 1800. The Balaban J connectivity index is 1.42. The molecule has 3 heterocycles. The summed E-state index contributed by atoms with van der Waals surface area (Å²) in [5.74, 6) is -0.288. The second-order valence-electron chi connectivity index (χ2n) is 25.3. The Morgan fingerprint density at radius 3 is 1.12 bits per heavy atom. The second kappa shape index (κ2) is 52.1. The van der Waals surface area contributed by atoms with Gasteiger partial charge in [0.05, 0.1) is 38.6 Å². The van der Waals surface area contributed by atoms with E-state index in [0.717, 1.165) is 44.9 Å². The number of nitrogens with one attached hydrogen (secondary N) is 1. The molecule has 89 heavy (non-hydrogen) atoms. The fourth-order valence-corrected chi connectivity index (χ4v) is 11.8. The highest BCUT2D eigenvalue weighted by Gasteiger charge is 2.53. The van der Waals surface area contributed by atoms with Crippen molar-refractivity contribution in [1.82, 2.24) is 5.32 Å². The third-order valence-corrected chi connectivity index (χ3v) is 17.6. The fraction of sp³-hybridized carbons (Fsp3) is 0.871. The van der Waals surface area contributed by atoms with Gasteiger partial charge >= 0.3 is 0 Å². The van der Waals surface area contributed by atoms with E-state index in [2.05, 4.69) is 55.6 Å². The van der Waals surface area contributed by atoms with Crippen molar-refractivity contribution in [2.45, 2.75) is 362 Å².